The van der Waals surface area contributed by atoms with Crippen LogP contribution in [0.5, 0.6) is 0 Å². The molecule has 1 fully saturated rings. The lowest BCUT2D eigenvalue weighted by Gasteiger charge is -2.11. The van der Waals surface area contributed by atoms with Crippen molar-refractivity contribution in [1.29, 1.82) is 0 Å². The Morgan fingerprint density at radius 3 is 2.88 bits per heavy atom. The van der Waals surface area contributed by atoms with Crippen LogP contribution in [0.1, 0.15) is 35.8 Å². The molecule has 3 N–H and O–H groups in total. The molecule has 2 rings (SSSR count). The number of nitrogen functional groups attached to an aromatic ring is 1. The monoisotopic (exact) mass is 233 g/mol. The van der Waals surface area contributed by atoms with Crippen molar-refractivity contribution in [1.82, 2.24) is 10.3 Å². The summed E-state index contributed by atoms with van der Waals surface area (Å²) in [6.07, 6.45) is 2.61. The lowest BCUT2D eigenvalue weighted by molar-refractivity contribution is 0.0946. The number of pyridine rings is 1. The summed E-state index contributed by atoms with van der Waals surface area (Å²) in [6.45, 7) is 4.76. The Morgan fingerprint density at radius 1 is 1.59 bits per heavy atom. The topological polar surface area (TPSA) is 68.0 Å². The Labute approximate surface area is 102 Å². The fraction of sp³-hybridized carbons (Fsp3) is 0.538. The first-order valence-corrected chi connectivity index (χ1v) is 6.08. The molecule has 1 aliphatic rings. The molecule has 0 bridgehead atoms. The Balaban J connectivity index is 1.94. The van der Waals surface area contributed by atoms with Crippen LogP contribution in [-0.2, 0) is 0 Å². The molecule has 0 spiro atoms. The first-order valence-electron chi connectivity index (χ1n) is 6.08. The standard InChI is InChI=1S/C13H19N3O/c1-8(10-3-4-10)7-15-13(17)11-5-9(2)16-12(14)6-11/h5-6,8,10H,3-4,7H2,1-2H3,(H2,14,16)(H,15,17). The molecule has 1 heterocycles. The number of carbonyl (C=O) groups is 1. The second kappa shape index (κ2) is 4.73. The number of nitrogens with zero attached hydrogens (tertiary/aromatic N) is 1. The van der Waals surface area contributed by atoms with Crippen LogP contribution in [0.4, 0.5) is 5.82 Å². The van der Waals surface area contributed by atoms with Gasteiger partial charge in [-0.25, -0.2) is 4.98 Å². The zero-order chi connectivity index (χ0) is 12.4. The normalized spacial score (nSPS) is 16.6. The van der Waals surface area contributed by atoms with Gasteiger partial charge in [0.2, 0.25) is 0 Å². The summed E-state index contributed by atoms with van der Waals surface area (Å²) < 4.78 is 0. The fourth-order valence-electron chi connectivity index (χ4n) is 2.01. The van der Waals surface area contributed by atoms with E-state index in [0.717, 1.165) is 18.2 Å². The van der Waals surface area contributed by atoms with Crippen molar-refractivity contribution in [3.63, 3.8) is 0 Å². The zero-order valence-electron chi connectivity index (χ0n) is 10.4. The molecule has 0 saturated heterocycles. The van der Waals surface area contributed by atoms with Gasteiger partial charge in [-0.2, -0.15) is 0 Å². The summed E-state index contributed by atoms with van der Waals surface area (Å²) in [5.74, 6) is 1.71. The van der Waals surface area contributed by atoms with Gasteiger partial charge in [0.15, 0.2) is 0 Å². The van der Waals surface area contributed by atoms with Gasteiger partial charge in [-0.05, 0) is 43.7 Å². The van der Waals surface area contributed by atoms with Crippen molar-refractivity contribution in [2.45, 2.75) is 26.7 Å². The third-order valence-electron chi connectivity index (χ3n) is 3.25. The molecule has 0 aliphatic heterocycles. The second-order valence-corrected chi connectivity index (χ2v) is 4.95. The van der Waals surface area contributed by atoms with Gasteiger partial charge >= 0.3 is 0 Å². The average molecular weight is 233 g/mol. The van der Waals surface area contributed by atoms with Crippen molar-refractivity contribution in [3.05, 3.63) is 23.4 Å². The van der Waals surface area contributed by atoms with E-state index in [1.807, 2.05) is 6.92 Å². The van der Waals surface area contributed by atoms with Gasteiger partial charge in [-0.15, -0.1) is 0 Å². The van der Waals surface area contributed by atoms with Crippen LogP contribution in [-0.4, -0.2) is 17.4 Å². The van der Waals surface area contributed by atoms with E-state index >= 15 is 0 Å². The quantitative estimate of drug-likeness (QED) is 0.832. The average Bonchev–Trinajstić information content (AvgIpc) is 3.07. The van der Waals surface area contributed by atoms with Crippen LogP contribution >= 0.6 is 0 Å². The first-order chi connectivity index (χ1) is 8.06. The summed E-state index contributed by atoms with van der Waals surface area (Å²) in [5.41, 5.74) is 6.98. The van der Waals surface area contributed by atoms with Crippen molar-refractivity contribution < 1.29 is 4.79 Å². The van der Waals surface area contributed by atoms with Crippen molar-refractivity contribution in [2.75, 3.05) is 12.3 Å². The third kappa shape index (κ3) is 3.19. The van der Waals surface area contributed by atoms with Crippen LogP contribution in [0.15, 0.2) is 12.1 Å². The Kier molecular flexibility index (Phi) is 3.31. The number of amides is 1. The molecule has 92 valence electrons. The Hall–Kier alpha value is -1.58. The number of rotatable bonds is 4. The molecule has 17 heavy (non-hydrogen) atoms. The number of carbonyl (C=O) groups excluding carboxylic acids is 1. The minimum atomic E-state index is -0.0605. The highest BCUT2D eigenvalue weighted by Crippen LogP contribution is 2.36. The maximum Gasteiger partial charge on any atom is 0.251 e. The molecule has 1 unspecified atom stereocenters. The molecule has 4 heteroatoms. The highest BCUT2D eigenvalue weighted by Gasteiger charge is 2.27. The van der Waals surface area contributed by atoms with Gasteiger partial charge < -0.3 is 11.1 Å². The first kappa shape index (κ1) is 11.9. The molecule has 1 aromatic heterocycles. The second-order valence-electron chi connectivity index (χ2n) is 4.95. The van der Waals surface area contributed by atoms with Crippen LogP contribution in [0.25, 0.3) is 0 Å². The smallest absolute Gasteiger partial charge is 0.251 e. The van der Waals surface area contributed by atoms with E-state index in [2.05, 4.69) is 17.2 Å². The lowest BCUT2D eigenvalue weighted by atomic mass is 10.1. The van der Waals surface area contributed by atoms with Gasteiger partial charge in [0.05, 0.1) is 0 Å². The maximum absolute atomic E-state index is 11.9. The SMILES string of the molecule is Cc1cc(C(=O)NCC(C)C2CC2)cc(N)n1. The van der Waals surface area contributed by atoms with Crippen LogP contribution in [0, 0.1) is 18.8 Å². The molecule has 0 aromatic carbocycles. The minimum absolute atomic E-state index is 0.0605. The number of nitrogens with one attached hydrogen (secondary N) is 1. The van der Waals surface area contributed by atoms with Crippen molar-refractivity contribution >= 4 is 11.7 Å². The van der Waals surface area contributed by atoms with Crippen molar-refractivity contribution in [2.24, 2.45) is 11.8 Å². The Bertz CT molecular complexity index is 406. The predicted molar refractivity (Wildman–Crippen MR) is 67.6 cm³/mol. The van der Waals surface area contributed by atoms with Crippen molar-refractivity contribution in [3.8, 4) is 0 Å². The molecule has 1 atom stereocenters. The van der Waals surface area contributed by atoms with E-state index in [-0.39, 0.29) is 5.91 Å². The van der Waals surface area contributed by atoms with E-state index in [9.17, 15) is 4.79 Å². The number of hydrogen-bond acceptors (Lipinski definition) is 3. The van der Waals surface area contributed by atoms with Crippen LogP contribution in [0.3, 0.4) is 0 Å². The number of aromatic nitrogens is 1. The van der Waals surface area contributed by atoms with Gasteiger partial charge in [0.25, 0.3) is 5.91 Å². The fourth-order valence-corrected chi connectivity index (χ4v) is 2.01. The summed E-state index contributed by atoms with van der Waals surface area (Å²) in [4.78, 5) is 16.0. The van der Waals surface area contributed by atoms with E-state index < -0.39 is 0 Å². The molecule has 1 saturated carbocycles. The van der Waals surface area contributed by atoms with E-state index in [1.165, 1.54) is 12.8 Å². The zero-order valence-corrected chi connectivity index (χ0v) is 10.4. The van der Waals surface area contributed by atoms with E-state index in [1.54, 1.807) is 12.1 Å². The van der Waals surface area contributed by atoms with Gasteiger partial charge in [-0.1, -0.05) is 6.92 Å². The van der Waals surface area contributed by atoms with E-state index in [4.69, 9.17) is 5.73 Å². The number of nitrogens with two attached hydrogens (primary N) is 1. The summed E-state index contributed by atoms with van der Waals surface area (Å²) in [7, 11) is 0. The van der Waals surface area contributed by atoms with Gasteiger partial charge in [0.1, 0.15) is 5.82 Å². The highest BCUT2D eigenvalue weighted by atomic mass is 16.1. The van der Waals surface area contributed by atoms with Gasteiger partial charge in [-0.3, -0.25) is 4.79 Å². The lowest BCUT2D eigenvalue weighted by Crippen LogP contribution is -2.29. The molecule has 4 nitrogen and oxygen atoms in total. The molecular weight excluding hydrogens is 214 g/mol. The summed E-state index contributed by atoms with van der Waals surface area (Å²) in [5, 5.41) is 2.95. The van der Waals surface area contributed by atoms with Crippen LogP contribution < -0.4 is 11.1 Å². The third-order valence-corrected chi connectivity index (χ3v) is 3.25. The largest absolute Gasteiger partial charge is 0.384 e. The number of anilines is 1. The number of hydrogen-bond donors (Lipinski definition) is 2. The molecule has 1 amide bonds. The molecule has 0 radical (unpaired) electrons. The molecular formula is C13H19N3O. The summed E-state index contributed by atoms with van der Waals surface area (Å²) >= 11 is 0. The highest BCUT2D eigenvalue weighted by molar-refractivity contribution is 5.94. The maximum atomic E-state index is 11.9. The number of aryl methyl sites for hydroxylation is 1. The van der Waals surface area contributed by atoms with Gasteiger partial charge in [0, 0.05) is 17.8 Å². The molecule has 1 aromatic rings. The molecule has 1 aliphatic carbocycles. The Morgan fingerprint density at radius 2 is 2.29 bits per heavy atom. The summed E-state index contributed by atoms with van der Waals surface area (Å²) in [6, 6.07) is 3.37. The minimum Gasteiger partial charge on any atom is -0.384 e. The predicted octanol–water partition coefficient (Wildman–Crippen LogP) is 1.75. The van der Waals surface area contributed by atoms with Crippen LogP contribution in [0.2, 0.25) is 0 Å². The van der Waals surface area contributed by atoms with E-state index in [0.29, 0.717) is 17.3 Å².